The van der Waals surface area contributed by atoms with Crippen LogP contribution < -0.4 is 0 Å². The Hall–Kier alpha value is -2.17. The Bertz CT molecular complexity index is 862. The van der Waals surface area contributed by atoms with Crippen LogP contribution in [0.4, 0.5) is 13.2 Å². The van der Waals surface area contributed by atoms with Gasteiger partial charge in [-0.05, 0) is 49.7 Å². The zero-order valence-corrected chi connectivity index (χ0v) is 14.9. The molecule has 2 heterocycles. The molecule has 1 unspecified atom stereocenters. The third kappa shape index (κ3) is 3.04. The average Bonchev–Trinajstić information content (AvgIpc) is 3.00. The molecule has 2 aliphatic rings. The van der Waals surface area contributed by atoms with Crippen LogP contribution in [0.2, 0.25) is 0 Å². The molecule has 26 heavy (non-hydrogen) atoms. The molecule has 1 aromatic heterocycles. The summed E-state index contributed by atoms with van der Waals surface area (Å²) in [5, 5.41) is 0. The van der Waals surface area contributed by atoms with E-state index < -0.39 is 17.5 Å². The molecule has 1 aliphatic carbocycles. The van der Waals surface area contributed by atoms with E-state index in [1.54, 1.807) is 12.3 Å². The van der Waals surface area contributed by atoms with E-state index in [0.29, 0.717) is 23.7 Å². The van der Waals surface area contributed by atoms with Crippen LogP contribution in [0.3, 0.4) is 0 Å². The average molecular weight is 358 g/mol. The molecule has 5 heteroatoms. The minimum absolute atomic E-state index is 0.0142. The molecule has 136 valence electrons. The molecule has 1 fully saturated rings. The first kappa shape index (κ1) is 17.3. The number of benzene rings is 1. The van der Waals surface area contributed by atoms with Crippen molar-refractivity contribution in [3.05, 3.63) is 53.1 Å². The summed E-state index contributed by atoms with van der Waals surface area (Å²) in [6.07, 6.45) is 4.83. The Morgan fingerprint density at radius 3 is 2.35 bits per heavy atom. The largest absolute Gasteiger partial charge is 0.293 e. The van der Waals surface area contributed by atoms with Crippen molar-refractivity contribution in [2.24, 2.45) is 16.8 Å². The molecule has 1 saturated carbocycles. The molecule has 1 aromatic carbocycles. The van der Waals surface area contributed by atoms with Crippen LogP contribution in [0.15, 0.2) is 29.4 Å². The summed E-state index contributed by atoms with van der Waals surface area (Å²) in [6.45, 7) is 4.66. The van der Waals surface area contributed by atoms with Crippen molar-refractivity contribution >= 4 is 5.71 Å². The normalized spacial score (nSPS) is 25.1. The molecule has 1 atom stereocenters. The highest BCUT2D eigenvalue weighted by molar-refractivity contribution is 5.90. The fourth-order valence-corrected chi connectivity index (χ4v) is 4.17. The van der Waals surface area contributed by atoms with Gasteiger partial charge in [0.25, 0.3) is 0 Å². The number of pyridine rings is 1. The minimum atomic E-state index is -0.920. The van der Waals surface area contributed by atoms with Gasteiger partial charge in [0.1, 0.15) is 17.5 Å². The van der Waals surface area contributed by atoms with Gasteiger partial charge in [0, 0.05) is 42.1 Å². The van der Waals surface area contributed by atoms with E-state index in [9.17, 15) is 13.2 Å². The van der Waals surface area contributed by atoms with Crippen LogP contribution in [-0.2, 0) is 0 Å². The monoisotopic (exact) mass is 358 g/mol. The smallest absolute Gasteiger partial charge is 0.136 e. The molecule has 1 aliphatic heterocycles. The predicted molar refractivity (Wildman–Crippen MR) is 95.8 cm³/mol. The quantitative estimate of drug-likeness (QED) is 0.716. The van der Waals surface area contributed by atoms with Gasteiger partial charge < -0.3 is 0 Å². The first-order valence-electron chi connectivity index (χ1n) is 9.07. The molecule has 2 nitrogen and oxygen atoms in total. The second kappa shape index (κ2) is 6.53. The number of hydrogen-bond acceptors (Lipinski definition) is 2. The fraction of sp³-hybridized carbons (Fsp3) is 0.429. The number of nitrogens with zero attached hydrogens (tertiary/aromatic N) is 2. The van der Waals surface area contributed by atoms with Crippen molar-refractivity contribution in [3.63, 3.8) is 0 Å². The first-order valence-corrected chi connectivity index (χ1v) is 9.07. The molecule has 4 rings (SSSR count). The first-order chi connectivity index (χ1) is 12.4. The molecule has 2 aromatic rings. The molecule has 0 saturated heterocycles. The molecular formula is C21H21F3N2. The standard InChI is InChI=1S/C21H21F3N2/c1-11-3-13(4-11)19-6-14(10-25-19)21-16(5-12(2)9-26-21)20-17(23)7-15(22)8-18(20)24/h5,7-9,11,13-14H,3-4,6,10H2,1-2H3. The third-order valence-electron chi connectivity index (χ3n) is 5.53. The van der Waals surface area contributed by atoms with Gasteiger partial charge in [0.2, 0.25) is 0 Å². The van der Waals surface area contributed by atoms with Crippen molar-refractivity contribution in [2.45, 2.75) is 39.0 Å². The van der Waals surface area contributed by atoms with Gasteiger partial charge in [-0.3, -0.25) is 9.98 Å². The third-order valence-corrected chi connectivity index (χ3v) is 5.53. The summed E-state index contributed by atoms with van der Waals surface area (Å²) in [7, 11) is 0. The van der Waals surface area contributed by atoms with E-state index in [4.69, 9.17) is 4.99 Å². The van der Waals surface area contributed by atoms with Crippen molar-refractivity contribution < 1.29 is 13.2 Å². The molecule has 0 spiro atoms. The summed E-state index contributed by atoms with van der Waals surface area (Å²) in [6, 6.07) is 3.17. The highest BCUT2D eigenvalue weighted by Gasteiger charge is 2.35. The topological polar surface area (TPSA) is 25.2 Å². The van der Waals surface area contributed by atoms with E-state index in [0.717, 1.165) is 30.0 Å². The van der Waals surface area contributed by atoms with E-state index in [1.165, 1.54) is 18.6 Å². The van der Waals surface area contributed by atoms with Crippen LogP contribution >= 0.6 is 0 Å². The molecule has 0 amide bonds. The van der Waals surface area contributed by atoms with Crippen LogP contribution in [-0.4, -0.2) is 17.2 Å². The van der Waals surface area contributed by atoms with Gasteiger partial charge in [-0.25, -0.2) is 13.2 Å². The number of hydrogen-bond donors (Lipinski definition) is 0. The second-order valence-corrected chi connectivity index (χ2v) is 7.70. The van der Waals surface area contributed by atoms with Crippen molar-refractivity contribution in [1.29, 1.82) is 0 Å². The summed E-state index contributed by atoms with van der Waals surface area (Å²) in [4.78, 5) is 9.19. The maximum Gasteiger partial charge on any atom is 0.136 e. The lowest BCUT2D eigenvalue weighted by Gasteiger charge is -2.33. The Kier molecular flexibility index (Phi) is 4.33. The Labute approximate surface area is 151 Å². The Balaban J connectivity index is 1.69. The highest BCUT2D eigenvalue weighted by Crippen LogP contribution is 2.41. The summed E-state index contributed by atoms with van der Waals surface area (Å²) < 4.78 is 42.0. The fourth-order valence-electron chi connectivity index (χ4n) is 4.17. The maximum atomic E-state index is 14.4. The summed E-state index contributed by atoms with van der Waals surface area (Å²) >= 11 is 0. The minimum Gasteiger partial charge on any atom is -0.293 e. The summed E-state index contributed by atoms with van der Waals surface area (Å²) in [5.74, 6) is -1.41. The highest BCUT2D eigenvalue weighted by atomic mass is 19.1. The summed E-state index contributed by atoms with van der Waals surface area (Å²) in [5.41, 5.74) is 2.86. The lowest BCUT2D eigenvalue weighted by atomic mass is 9.72. The Morgan fingerprint density at radius 1 is 1.00 bits per heavy atom. The lowest BCUT2D eigenvalue weighted by molar-refractivity contribution is 0.279. The van der Waals surface area contributed by atoms with Gasteiger partial charge >= 0.3 is 0 Å². The Morgan fingerprint density at radius 2 is 1.69 bits per heavy atom. The van der Waals surface area contributed by atoms with Gasteiger partial charge in [0.15, 0.2) is 0 Å². The number of rotatable bonds is 3. The van der Waals surface area contributed by atoms with Crippen molar-refractivity contribution in [2.75, 3.05) is 6.54 Å². The maximum absolute atomic E-state index is 14.4. The van der Waals surface area contributed by atoms with Gasteiger partial charge in [-0.2, -0.15) is 0 Å². The van der Waals surface area contributed by atoms with Gasteiger partial charge in [-0.1, -0.05) is 6.92 Å². The number of halogens is 3. The van der Waals surface area contributed by atoms with Crippen molar-refractivity contribution in [3.8, 4) is 11.1 Å². The van der Waals surface area contributed by atoms with Crippen LogP contribution in [0.1, 0.15) is 43.4 Å². The van der Waals surface area contributed by atoms with Gasteiger partial charge in [-0.15, -0.1) is 0 Å². The molecule has 0 N–H and O–H groups in total. The van der Waals surface area contributed by atoms with E-state index in [2.05, 4.69) is 11.9 Å². The SMILES string of the molecule is Cc1cnc(C2CN=C(C3CC(C)C3)C2)c(-c2c(F)cc(F)cc2F)c1. The van der Waals surface area contributed by atoms with Crippen LogP contribution in [0.25, 0.3) is 11.1 Å². The van der Waals surface area contributed by atoms with Crippen molar-refractivity contribution in [1.82, 2.24) is 4.98 Å². The van der Waals surface area contributed by atoms with Crippen LogP contribution in [0.5, 0.6) is 0 Å². The van der Waals surface area contributed by atoms with Gasteiger partial charge in [0.05, 0.1) is 11.3 Å². The van der Waals surface area contributed by atoms with E-state index >= 15 is 0 Å². The van der Waals surface area contributed by atoms with Crippen LogP contribution in [0, 0.1) is 36.2 Å². The molecule has 0 radical (unpaired) electrons. The molecule has 0 bridgehead atoms. The lowest BCUT2D eigenvalue weighted by Crippen LogP contribution is -2.28. The second-order valence-electron chi connectivity index (χ2n) is 7.70. The zero-order chi connectivity index (χ0) is 18.4. The zero-order valence-electron chi connectivity index (χ0n) is 14.9. The number of aromatic nitrogens is 1. The predicted octanol–water partition coefficient (Wildman–Crippen LogP) is 5.45. The molecular weight excluding hydrogens is 337 g/mol. The number of aliphatic imine (C=N–C) groups is 1. The number of aryl methyl sites for hydroxylation is 1. The van der Waals surface area contributed by atoms with E-state index in [1.807, 2.05) is 6.92 Å². The van der Waals surface area contributed by atoms with E-state index in [-0.39, 0.29) is 11.5 Å².